The fourth-order valence-corrected chi connectivity index (χ4v) is 6.88. The first-order chi connectivity index (χ1) is 17.5. The highest BCUT2D eigenvalue weighted by Gasteiger charge is 2.73. The topological polar surface area (TPSA) is 97.0 Å². The van der Waals surface area contributed by atoms with Crippen molar-refractivity contribution in [1.29, 1.82) is 0 Å². The van der Waals surface area contributed by atoms with Gasteiger partial charge in [0.2, 0.25) is 17.7 Å². The van der Waals surface area contributed by atoms with E-state index in [1.807, 2.05) is 12.2 Å². The standard InChI is InChI=1S/C27H32ClN3O5/c28-16-8-10-18(11-9-16)29-24(32)21-20-12-13-27(36-20)22(21)26(34)31(15-19-7-4-14-35-19)23(27)25(33)30-17-5-2-1-3-6-17/h8-13,17,19-23H,1-7,14-15H2,(H,29,32)(H,30,33). The van der Waals surface area contributed by atoms with Crippen molar-refractivity contribution in [3.63, 3.8) is 0 Å². The number of nitrogens with one attached hydrogen (secondary N) is 2. The van der Waals surface area contributed by atoms with E-state index >= 15 is 0 Å². The number of amides is 3. The molecule has 8 nitrogen and oxygen atoms in total. The first-order valence-corrected chi connectivity index (χ1v) is 13.5. The summed E-state index contributed by atoms with van der Waals surface area (Å²) in [6.07, 6.45) is 10.1. The van der Waals surface area contributed by atoms with E-state index in [1.165, 1.54) is 6.42 Å². The summed E-state index contributed by atoms with van der Waals surface area (Å²) in [4.78, 5) is 42.8. The second-order valence-electron chi connectivity index (χ2n) is 10.7. The van der Waals surface area contributed by atoms with Crippen LogP contribution in [0.1, 0.15) is 44.9 Å². The van der Waals surface area contributed by atoms with Crippen molar-refractivity contribution in [2.24, 2.45) is 11.8 Å². The number of likely N-dealkylation sites (tertiary alicyclic amines) is 1. The van der Waals surface area contributed by atoms with Gasteiger partial charge in [0.05, 0.1) is 24.0 Å². The average Bonchev–Trinajstić information content (AvgIpc) is 3.64. The van der Waals surface area contributed by atoms with Crippen LogP contribution in [0, 0.1) is 11.8 Å². The van der Waals surface area contributed by atoms with Crippen molar-refractivity contribution < 1.29 is 23.9 Å². The zero-order chi connectivity index (χ0) is 24.9. The average molecular weight is 514 g/mol. The van der Waals surface area contributed by atoms with Crippen molar-refractivity contribution in [2.75, 3.05) is 18.5 Å². The van der Waals surface area contributed by atoms with E-state index in [1.54, 1.807) is 29.2 Å². The summed E-state index contributed by atoms with van der Waals surface area (Å²) >= 11 is 5.98. The molecule has 2 bridgehead atoms. The molecular formula is C27H32ClN3O5. The Balaban J connectivity index is 1.29. The first-order valence-electron chi connectivity index (χ1n) is 13.1. The zero-order valence-electron chi connectivity index (χ0n) is 20.2. The second kappa shape index (κ2) is 9.47. The van der Waals surface area contributed by atoms with Crippen LogP contribution in [-0.2, 0) is 23.9 Å². The smallest absolute Gasteiger partial charge is 0.246 e. The minimum atomic E-state index is -1.15. The number of nitrogens with zero attached hydrogens (tertiary/aromatic N) is 1. The molecule has 192 valence electrons. The monoisotopic (exact) mass is 513 g/mol. The number of halogens is 1. The van der Waals surface area contributed by atoms with Crippen molar-refractivity contribution in [2.45, 2.75) is 74.8 Å². The quantitative estimate of drug-likeness (QED) is 0.570. The first kappa shape index (κ1) is 23.9. The third-order valence-electron chi connectivity index (χ3n) is 8.41. The highest BCUT2D eigenvalue weighted by Crippen LogP contribution is 2.55. The maximum Gasteiger partial charge on any atom is 0.246 e. The van der Waals surface area contributed by atoms with Gasteiger partial charge in [0.1, 0.15) is 11.6 Å². The molecule has 36 heavy (non-hydrogen) atoms. The van der Waals surface area contributed by atoms with Crippen LogP contribution in [0.15, 0.2) is 36.4 Å². The van der Waals surface area contributed by atoms with E-state index < -0.39 is 29.6 Å². The van der Waals surface area contributed by atoms with E-state index in [0.29, 0.717) is 23.9 Å². The summed E-state index contributed by atoms with van der Waals surface area (Å²) in [6.45, 7) is 0.984. The molecule has 5 aliphatic rings. The van der Waals surface area contributed by atoms with Crippen LogP contribution in [0.3, 0.4) is 0 Å². The lowest BCUT2D eigenvalue weighted by Gasteiger charge is -2.34. The van der Waals surface area contributed by atoms with Gasteiger partial charge < -0.3 is 25.0 Å². The molecular weight excluding hydrogens is 482 g/mol. The third kappa shape index (κ3) is 4.03. The van der Waals surface area contributed by atoms with Gasteiger partial charge in [0.15, 0.2) is 0 Å². The van der Waals surface area contributed by atoms with Gasteiger partial charge in [-0.25, -0.2) is 0 Å². The van der Waals surface area contributed by atoms with E-state index in [-0.39, 0.29) is 29.9 Å². The van der Waals surface area contributed by atoms with E-state index in [0.717, 1.165) is 38.5 Å². The molecule has 1 aromatic rings. The fourth-order valence-electron chi connectivity index (χ4n) is 6.76. The van der Waals surface area contributed by atoms with Gasteiger partial charge in [0, 0.05) is 29.9 Å². The molecule has 4 heterocycles. The van der Waals surface area contributed by atoms with Gasteiger partial charge in [-0.2, -0.15) is 0 Å². The Bertz CT molecular complexity index is 1070. The van der Waals surface area contributed by atoms with Crippen molar-refractivity contribution in [3.05, 3.63) is 41.4 Å². The summed E-state index contributed by atoms with van der Waals surface area (Å²) in [5, 5.41) is 6.70. The number of benzene rings is 1. The molecule has 1 saturated carbocycles. The van der Waals surface area contributed by atoms with E-state index in [9.17, 15) is 14.4 Å². The lowest BCUT2D eigenvalue weighted by atomic mass is 9.74. The summed E-state index contributed by atoms with van der Waals surface area (Å²) in [7, 11) is 0. The van der Waals surface area contributed by atoms with Crippen LogP contribution >= 0.6 is 11.6 Å². The molecule has 1 aromatic carbocycles. The van der Waals surface area contributed by atoms with Crippen molar-refractivity contribution in [1.82, 2.24) is 10.2 Å². The maximum atomic E-state index is 14.0. The number of hydrogen-bond acceptors (Lipinski definition) is 5. The summed E-state index contributed by atoms with van der Waals surface area (Å²) in [5.74, 6) is -2.18. The van der Waals surface area contributed by atoms with Gasteiger partial charge in [-0.05, 0) is 49.9 Å². The van der Waals surface area contributed by atoms with E-state index in [2.05, 4.69) is 10.6 Å². The SMILES string of the molecule is O=C(Nc1ccc(Cl)cc1)C1C2C=CC3(O2)C1C(=O)N(CC1CCCO1)C3C(=O)NC1CCCCC1. The minimum Gasteiger partial charge on any atom is -0.376 e. The number of anilines is 1. The number of hydrogen-bond donors (Lipinski definition) is 2. The molecule has 2 N–H and O–H groups in total. The van der Waals surface area contributed by atoms with Gasteiger partial charge in [0.25, 0.3) is 0 Å². The third-order valence-corrected chi connectivity index (χ3v) is 8.66. The van der Waals surface area contributed by atoms with Crippen LogP contribution in [0.5, 0.6) is 0 Å². The Morgan fingerprint density at radius 2 is 1.83 bits per heavy atom. The molecule has 3 saturated heterocycles. The molecule has 6 atom stereocenters. The van der Waals surface area contributed by atoms with Crippen molar-refractivity contribution >= 4 is 35.0 Å². The highest BCUT2D eigenvalue weighted by atomic mass is 35.5. The number of carbonyl (C=O) groups is 3. The Morgan fingerprint density at radius 3 is 2.56 bits per heavy atom. The fraction of sp³-hybridized carbons (Fsp3) is 0.593. The van der Waals surface area contributed by atoms with E-state index in [4.69, 9.17) is 21.1 Å². The summed E-state index contributed by atoms with van der Waals surface area (Å²) in [5.41, 5.74) is -0.556. The van der Waals surface area contributed by atoms with Gasteiger partial charge in [-0.15, -0.1) is 0 Å². The lowest BCUT2D eigenvalue weighted by molar-refractivity contribution is -0.143. The summed E-state index contributed by atoms with van der Waals surface area (Å²) < 4.78 is 12.2. The number of rotatable bonds is 6. The Hall–Kier alpha value is -2.42. The summed E-state index contributed by atoms with van der Waals surface area (Å²) in [6, 6.07) is 6.13. The number of carbonyl (C=O) groups excluding carboxylic acids is 3. The molecule has 1 spiro atoms. The molecule has 1 aliphatic carbocycles. The normalized spacial score (nSPS) is 35.3. The minimum absolute atomic E-state index is 0.105. The van der Waals surface area contributed by atoms with Crippen LogP contribution in [0.4, 0.5) is 5.69 Å². The van der Waals surface area contributed by atoms with Crippen molar-refractivity contribution in [3.8, 4) is 0 Å². The maximum absolute atomic E-state index is 14.0. The predicted molar refractivity (Wildman–Crippen MR) is 133 cm³/mol. The number of fused-ring (bicyclic) bond motifs is 1. The molecule has 4 aliphatic heterocycles. The largest absolute Gasteiger partial charge is 0.376 e. The predicted octanol–water partition coefficient (Wildman–Crippen LogP) is 3.06. The molecule has 6 rings (SSSR count). The van der Waals surface area contributed by atoms with Gasteiger partial charge in [-0.3, -0.25) is 14.4 Å². The highest BCUT2D eigenvalue weighted by molar-refractivity contribution is 6.30. The van der Waals surface area contributed by atoms with Gasteiger partial charge in [-0.1, -0.05) is 43.0 Å². The van der Waals surface area contributed by atoms with Gasteiger partial charge >= 0.3 is 0 Å². The Kier molecular flexibility index (Phi) is 6.30. The Morgan fingerprint density at radius 1 is 1.06 bits per heavy atom. The van der Waals surface area contributed by atoms with Crippen LogP contribution in [0.2, 0.25) is 5.02 Å². The Labute approximate surface area is 215 Å². The molecule has 0 radical (unpaired) electrons. The molecule has 0 aromatic heterocycles. The molecule has 6 unspecified atom stereocenters. The molecule has 9 heteroatoms. The molecule has 4 fully saturated rings. The van der Waals surface area contributed by atoms with Crippen LogP contribution in [-0.4, -0.2) is 65.7 Å². The number of ether oxygens (including phenoxy) is 2. The zero-order valence-corrected chi connectivity index (χ0v) is 20.9. The second-order valence-corrected chi connectivity index (χ2v) is 11.1. The van der Waals surface area contributed by atoms with Crippen LogP contribution in [0.25, 0.3) is 0 Å². The lowest BCUT2D eigenvalue weighted by Crippen LogP contribution is -2.57. The molecule has 3 amide bonds. The van der Waals surface area contributed by atoms with Crippen LogP contribution < -0.4 is 10.6 Å².